The molecular weight excluding hydrogens is 327 g/mol. The van der Waals surface area contributed by atoms with Crippen LogP contribution in [0.25, 0.3) is 0 Å². The number of hydrogen-bond donors (Lipinski definition) is 2. The van der Waals surface area contributed by atoms with Gasteiger partial charge in [-0.1, -0.05) is 23.2 Å². The van der Waals surface area contributed by atoms with Gasteiger partial charge in [0.05, 0.1) is 19.9 Å². The SMILES string of the molecule is COc1ccc(NC(=O)Nc2cc(Cl)cc(Cl)c2)c(OC)c1. The van der Waals surface area contributed by atoms with Crippen molar-refractivity contribution in [3.8, 4) is 11.5 Å². The molecule has 2 aromatic carbocycles. The summed E-state index contributed by atoms with van der Waals surface area (Å²) in [7, 11) is 3.06. The molecule has 0 radical (unpaired) electrons. The average Bonchev–Trinajstić information content (AvgIpc) is 2.46. The van der Waals surface area contributed by atoms with E-state index < -0.39 is 6.03 Å². The summed E-state index contributed by atoms with van der Waals surface area (Å²) in [5.74, 6) is 1.11. The fraction of sp³-hybridized carbons (Fsp3) is 0.133. The molecule has 2 N–H and O–H groups in total. The van der Waals surface area contributed by atoms with E-state index in [0.29, 0.717) is 32.9 Å². The third-order valence-electron chi connectivity index (χ3n) is 2.78. The zero-order valence-corrected chi connectivity index (χ0v) is 13.5. The zero-order chi connectivity index (χ0) is 16.1. The third kappa shape index (κ3) is 4.19. The lowest BCUT2D eigenvalue weighted by atomic mass is 10.2. The highest BCUT2D eigenvalue weighted by molar-refractivity contribution is 6.35. The van der Waals surface area contributed by atoms with E-state index >= 15 is 0 Å². The summed E-state index contributed by atoms with van der Waals surface area (Å²) < 4.78 is 10.3. The van der Waals surface area contributed by atoms with E-state index in [1.165, 1.54) is 7.11 Å². The number of carbonyl (C=O) groups is 1. The van der Waals surface area contributed by atoms with E-state index in [1.807, 2.05) is 0 Å². The molecule has 5 nitrogen and oxygen atoms in total. The largest absolute Gasteiger partial charge is 0.497 e. The first-order chi connectivity index (χ1) is 10.5. The Morgan fingerprint density at radius 3 is 2.23 bits per heavy atom. The van der Waals surface area contributed by atoms with Gasteiger partial charge in [-0.2, -0.15) is 0 Å². The van der Waals surface area contributed by atoms with Crippen LogP contribution in [0.15, 0.2) is 36.4 Å². The standard InChI is InChI=1S/C15H14Cl2N2O3/c1-21-12-3-4-13(14(8-12)22-2)19-15(20)18-11-6-9(16)5-10(17)7-11/h3-8H,1-2H3,(H2,18,19,20). The molecule has 0 aliphatic heterocycles. The topological polar surface area (TPSA) is 59.6 Å². The predicted octanol–water partition coefficient (Wildman–Crippen LogP) is 4.65. The van der Waals surface area contributed by atoms with Gasteiger partial charge in [0.1, 0.15) is 11.5 Å². The highest BCUT2D eigenvalue weighted by Crippen LogP contribution is 2.29. The number of halogens is 2. The van der Waals surface area contributed by atoms with Crippen LogP contribution in [0.4, 0.5) is 16.2 Å². The van der Waals surface area contributed by atoms with Crippen LogP contribution in [-0.4, -0.2) is 20.3 Å². The van der Waals surface area contributed by atoms with Gasteiger partial charge < -0.3 is 20.1 Å². The maximum Gasteiger partial charge on any atom is 0.323 e. The summed E-state index contributed by atoms with van der Waals surface area (Å²) in [6.45, 7) is 0. The van der Waals surface area contributed by atoms with Gasteiger partial charge >= 0.3 is 6.03 Å². The molecule has 2 amide bonds. The highest BCUT2D eigenvalue weighted by Gasteiger charge is 2.09. The van der Waals surface area contributed by atoms with E-state index in [1.54, 1.807) is 43.5 Å². The summed E-state index contributed by atoms with van der Waals surface area (Å²) >= 11 is 11.8. The van der Waals surface area contributed by atoms with Crippen LogP contribution in [0.5, 0.6) is 11.5 Å². The molecule has 2 aromatic rings. The number of nitrogens with one attached hydrogen (secondary N) is 2. The quantitative estimate of drug-likeness (QED) is 0.851. The number of hydrogen-bond acceptors (Lipinski definition) is 3. The molecule has 0 aromatic heterocycles. The van der Waals surface area contributed by atoms with Crippen molar-refractivity contribution in [2.24, 2.45) is 0 Å². The molecule has 2 rings (SSSR count). The van der Waals surface area contributed by atoms with Crippen molar-refractivity contribution in [2.75, 3.05) is 24.9 Å². The van der Waals surface area contributed by atoms with Gasteiger partial charge in [0, 0.05) is 21.8 Å². The van der Waals surface area contributed by atoms with Crippen LogP contribution in [-0.2, 0) is 0 Å². The van der Waals surface area contributed by atoms with Gasteiger partial charge in [0.15, 0.2) is 0 Å². The fourth-order valence-electron chi connectivity index (χ4n) is 1.81. The molecule has 0 atom stereocenters. The van der Waals surface area contributed by atoms with Crippen molar-refractivity contribution in [3.63, 3.8) is 0 Å². The van der Waals surface area contributed by atoms with E-state index in [2.05, 4.69) is 10.6 Å². The number of methoxy groups -OCH3 is 2. The Kier molecular flexibility index (Phi) is 5.35. The van der Waals surface area contributed by atoms with E-state index in [-0.39, 0.29) is 0 Å². The Hall–Kier alpha value is -2.11. The highest BCUT2D eigenvalue weighted by atomic mass is 35.5. The van der Waals surface area contributed by atoms with Crippen molar-refractivity contribution < 1.29 is 14.3 Å². The van der Waals surface area contributed by atoms with Crippen LogP contribution < -0.4 is 20.1 Å². The smallest absolute Gasteiger partial charge is 0.323 e. The minimum atomic E-state index is -0.443. The van der Waals surface area contributed by atoms with E-state index in [9.17, 15) is 4.79 Å². The van der Waals surface area contributed by atoms with Gasteiger partial charge in [-0.15, -0.1) is 0 Å². The second-order valence-corrected chi connectivity index (χ2v) is 5.18. The van der Waals surface area contributed by atoms with Crippen LogP contribution in [0.2, 0.25) is 10.0 Å². The second kappa shape index (κ2) is 7.24. The maximum absolute atomic E-state index is 12.0. The van der Waals surface area contributed by atoms with Gasteiger partial charge in [0.25, 0.3) is 0 Å². The lowest BCUT2D eigenvalue weighted by molar-refractivity contribution is 0.262. The Bertz CT molecular complexity index is 672. The number of carbonyl (C=O) groups excluding carboxylic acids is 1. The molecule has 0 saturated heterocycles. The Labute approximate surface area is 138 Å². The van der Waals surface area contributed by atoms with Crippen LogP contribution >= 0.6 is 23.2 Å². The van der Waals surface area contributed by atoms with E-state index in [0.717, 1.165) is 0 Å². The molecular formula is C15H14Cl2N2O3. The average molecular weight is 341 g/mol. The molecule has 7 heteroatoms. The van der Waals surface area contributed by atoms with Crippen LogP contribution in [0.1, 0.15) is 0 Å². The zero-order valence-electron chi connectivity index (χ0n) is 11.9. The molecule has 22 heavy (non-hydrogen) atoms. The van der Waals surface area contributed by atoms with Gasteiger partial charge in [0.2, 0.25) is 0 Å². The minimum absolute atomic E-state index is 0.435. The minimum Gasteiger partial charge on any atom is -0.497 e. The van der Waals surface area contributed by atoms with Crippen LogP contribution in [0, 0.1) is 0 Å². The summed E-state index contributed by atoms with van der Waals surface area (Å²) in [4.78, 5) is 12.0. The summed E-state index contributed by atoms with van der Waals surface area (Å²) in [6, 6.07) is 9.40. The summed E-state index contributed by atoms with van der Waals surface area (Å²) in [6.07, 6.45) is 0. The van der Waals surface area contributed by atoms with Crippen molar-refractivity contribution in [1.82, 2.24) is 0 Å². The van der Waals surface area contributed by atoms with Gasteiger partial charge in [-0.05, 0) is 30.3 Å². The molecule has 0 spiro atoms. The van der Waals surface area contributed by atoms with Crippen molar-refractivity contribution in [1.29, 1.82) is 0 Å². The number of anilines is 2. The molecule has 0 aliphatic rings. The summed E-state index contributed by atoms with van der Waals surface area (Å²) in [5, 5.41) is 6.20. The lowest BCUT2D eigenvalue weighted by Gasteiger charge is -2.12. The Balaban J connectivity index is 2.11. The normalized spacial score (nSPS) is 10.0. The van der Waals surface area contributed by atoms with Crippen molar-refractivity contribution in [3.05, 3.63) is 46.4 Å². The van der Waals surface area contributed by atoms with Crippen molar-refractivity contribution in [2.45, 2.75) is 0 Å². The first kappa shape index (κ1) is 16.3. The molecule has 0 heterocycles. The monoisotopic (exact) mass is 340 g/mol. The molecule has 0 fully saturated rings. The number of amides is 2. The molecule has 0 bridgehead atoms. The molecule has 116 valence electrons. The lowest BCUT2D eigenvalue weighted by Crippen LogP contribution is -2.19. The second-order valence-electron chi connectivity index (χ2n) is 4.30. The number of urea groups is 1. The van der Waals surface area contributed by atoms with Crippen LogP contribution in [0.3, 0.4) is 0 Å². The van der Waals surface area contributed by atoms with Gasteiger partial charge in [-0.3, -0.25) is 0 Å². The van der Waals surface area contributed by atoms with Crippen molar-refractivity contribution >= 4 is 40.6 Å². The first-order valence-corrected chi connectivity index (χ1v) is 7.03. The first-order valence-electron chi connectivity index (χ1n) is 6.28. The molecule has 0 unspecified atom stereocenters. The number of benzene rings is 2. The van der Waals surface area contributed by atoms with Gasteiger partial charge in [-0.25, -0.2) is 4.79 Å². The number of rotatable bonds is 4. The fourth-order valence-corrected chi connectivity index (χ4v) is 2.34. The maximum atomic E-state index is 12.0. The molecule has 0 saturated carbocycles. The molecule has 0 aliphatic carbocycles. The number of ether oxygens (including phenoxy) is 2. The predicted molar refractivity (Wildman–Crippen MR) is 88.6 cm³/mol. The summed E-state index contributed by atoms with van der Waals surface area (Å²) in [5.41, 5.74) is 0.997. The third-order valence-corrected chi connectivity index (χ3v) is 3.21. The Morgan fingerprint density at radius 2 is 1.64 bits per heavy atom. The van der Waals surface area contributed by atoms with E-state index in [4.69, 9.17) is 32.7 Å². The Morgan fingerprint density at radius 1 is 0.955 bits per heavy atom.